The fraction of sp³-hybridized carbons (Fsp3) is 0.586. The highest BCUT2D eigenvalue weighted by Gasteiger charge is 2.51. The zero-order valence-electron chi connectivity index (χ0n) is 23.7. The van der Waals surface area contributed by atoms with Gasteiger partial charge < -0.3 is 29.0 Å². The van der Waals surface area contributed by atoms with Gasteiger partial charge in [-0.2, -0.15) is 0 Å². The molecule has 2 aliphatic heterocycles. The van der Waals surface area contributed by atoms with E-state index in [1.165, 1.54) is 25.4 Å². The fourth-order valence-electron chi connectivity index (χ4n) is 5.27. The smallest absolute Gasteiger partial charge is 0.453 e. The van der Waals surface area contributed by atoms with Gasteiger partial charge in [-0.25, -0.2) is 4.79 Å². The Balaban J connectivity index is 1.44. The van der Waals surface area contributed by atoms with Gasteiger partial charge in [-0.05, 0) is 82.5 Å². The van der Waals surface area contributed by atoms with Gasteiger partial charge in [-0.1, -0.05) is 36.4 Å². The second kappa shape index (κ2) is 11.2. The predicted octanol–water partition coefficient (Wildman–Crippen LogP) is 3.84. The monoisotopic (exact) mass is 524 g/mol. The van der Waals surface area contributed by atoms with Crippen LogP contribution in [0.4, 0.5) is 4.79 Å². The van der Waals surface area contributed by atoms with Crippen molar-refractivity contribution in [3.8, 4) is 0 Å². The molecule has 3 atom stereocenters. The van der Waals surface area contributed by atoms with Crippen LogP contribution in [-0.2, 0) is 23.6 Å². The van der Waals surface area contributed by atoms with E-state index in [1.807, 2.05) is 4.90 Å². The van der Waals surface area contributed by atoms with Crippen molar-refractivity contribution in [3.05, 3.63) is 47.6 Å². The molecule has 4 rings (SSSR count). The Morgan fingerprint density at radius 2 is 1.71 bits per heavy atom. The average Bonchev–Trinajstić information content (AvgIpc) is 3.48. The molecular weight excluding hydrogens is 483 g/mol. The molecule has 1 aliphatic carbocycles. The summed E-state index contributed by atoms with van der Waals surface area (Å²) in [5, 5.41) is 2.67. The van der Waals surface area contributed by atoms with Crippen LogP contribution in [0.2, 0.25) is 0 Å². The van der Waals surface area contributed by atoms with Crippen LogP contribution in [0.1, 0.15) is 65.9 Å². The number of nitrogens with zero attached hydrogens (tertiary/aromatic N) is 1. The highest BCUT2D eigenvalue weighted by Crippen LogP contribution is 2.37. The van der Waals surface area contributed by atoms with Crippen LogP contribution in [0.25, 0.3) is 5.57 Å². The van der Waals surface area contributed by atoms with Crippen molar-refractivity contribution in [3.63, 3.8) is 0 Å². The summed E-state index contributed by atoms with van der Waals surface area (Å²) in [5.74, 6) is -0.143. The van der Waals surface area contributed by atoms with Gasteiger partial charge in [0.25, 0.3) is 0 Å². The van der Waals surface area contributed by atoms with E-state index in [-0.39, 0.29) is 30.3 Å². The second-order valence-electron chi connectivity index (χ2n) is 11.4. The Morgan fingerprint density at radius 3 is 2.32 bits per heavy atom. The fourth-order valence-corrected chi connectivity index (χ4v) is 5.27. The molecule has 0 saturated carbocycles. The van der Waals surface area contributed by atoms with Crippen molar-refractivity contribution >= 4 is 30.2 Å². The SMILES string of the molecule is COC(=O)N[C@H](C(=O)N1CCCC[C@@H]1C1=CC=C(c2ccc(B3OC(C)(C)C(C)(C)O3)cc2)C1)[C@@H](C)OC. The largest absolute Gasteiger partial charge is 0.494 e. The number of allylic oxidation sites excluding steroid dienone is 3. The number of likely N-dealkylation sites (tertiary alicyclic amines) is 1. The number of alkyl carbamates (subject to hydrolysis) is 1. The minimum Gasteiger partial charge on any atom is -0.453 e. The Labute approximate surface area is 226 Å². The lowest BCUT2D eigenvalue weighted by atomic mass is 9.78. The normalized spacial score (nSPS) is 23.9. The number of hydrogen-bond donors (Lipinski definition) is 1. The molecule has 1 aromatic carbocycles. The topological polar surface area (TPSA) is 86.3 Å². The third kappa shape index (κ3) is 5.70. The summed E-state index contributed by atoms with van der Waals surface area (Å²) >= 11 is 0. The lowest BCUT2D eigenvalue weighted by Crippen LogP contribution is -2.57. The molecule has 9 heteroatoms. The van der Waals surface area contributed by atoms with E-state index >= 15 is 0 Å². The van der Waals surface area contributed by atoms with Crippen LogP contribution in [0.5, 0.6) is 0 Å². The first-order valence-electron chi connectivity index (χ1n) is 13.5. The summed E-state index contributed by atoms with van der Waals surface area (Å²) < 4.78 is 22.6. The van der Waals surface area contributed by atoms with Crippen LogP contribution in [0.15, 0.2) is 42.0 Å². The van der Waals surface area contributed by atoms with Crippen molar-refractivity contribution in [2.24, 2.45) is 0 Å². The van der Waals surface area contributed by atoms with Crippen LogP contribution in [0, 0.1) is 0 Å². The highest BCUT2D eigenvalue weighted by atomic mass is 16.7. The zero-order chi connectivity index (χ0) is 27.7. The number of carbonyl (C=O) groups excluding carboxylic acids is 2. The first kappa shape index (κ1) is 28.4. The standard InChI is InChI=1S/C29H41BN2O6/c1-19(35-6)25(31-27(34)36-7)26(33)32-17-9-8-10-24(32)22-12-11-21(18-22)20-13-15-23(16-14-20)30-37-28(2,3)29(4,5)38-30/h11-16,19,24-25H,8-10,17-18H2,1-7H3,(H,31,34)/t19-,24-,25+/m1/s1. The van der Waals surface area contributed by atoms with E-state index < -0.39 is 18.2 Å². The molecule has 8 nitrogen and oxygen atoms in total. The minimum atomic E-state index is -0.815. The van der Waals surface area contributed by atoms with Gasteiger partial charge in [0.2, 0.25) is 5.91 Å². The maximum atomic E-state index is 13.6. The molecule has 1 aromatic rings. The molecule has 0 spiro atoms. The third-order valence-corrected chi connectivity index (χ3v) is 8.48. The van der Waals surface area contributed by atoms with Crippen molar-refractivity contribution in [1.29, 1.82) is 0 Å². The van der Waals surface area contributed by atoms with Gasteiger partial charge in [0.15, 0.2) is 0 Å². The van der Waals surface area contributed by atoms with Crippen LogP contribution < -0.4 is 10.8 Å². The molecule has 0 bridgehead atoms. The summed E-state index contributed by atoms with van der Waals surface area (Å²) in [4.78, 5) is 27.5. The summed E-state index contributed by atoms with van der Waals surface area (Å²) in [6, 6.07) is 7.54. The van der Waals surface area contributed by atoms with E-state index in [0.29, 0.717) is 6.54 Å². The van der Waals surface area contributed by atoms with Gasteiger partial charge in [0, 0.05) is 13.7 Å². The number of carbonyl (C=O) groups is 2. The van der Waals surface area contributed by atoms with Crippen molar-refractivity contribution < 1.29 is 28.4 Å². The number of piperidine rings is 1. The van der Waals surface area contributed by atoms with Crippen LogP contribution in [0.3, 0.4) is 0 Å². The first-order valence-corrected chi connectivity index (χ1v) is 13.5. The minimum absolute atomic E-state index is 0.0139. The van der Waals surface area contributed by atoms with Crippen LogP contribution in [-0.4, -0.2) is 74.2 Å². The van der Waals surface area contributed by atoms with E-state index in [9.17, 15) is 9.59 Å². The van der Waals surface area contributed by atoms with Gasteiger partial charge in [0.05, 0.1) is 30.5 Å². The van der Waals surface area contributed by atoms with Gasteiger partial charge in [-0.15, -0.1) is 0 Å². The summed E-state index contributed by atoms with van der Waals surface area (Å²) in [5.41, 5.74) is 3.82. The molecule has 2 saturated heterocycles. The van der Waals surface area contributed by atoms with Crippen molar-refractivity contribution in [2.75, 3.05) is 20.8 Å². The second-order valence-corrected chi connectivity index (χ2v) is 11.4. The molecule has 0 aromatic heterocycles. The molecule has 0 radical (unpaired) electrons. The van der Waals surface area contributed by atoms with Crippen molar-refractivity contribution in [1.82, 2.24) is 10.2 Å². The number of amides is 2. The van der Waals surface area contributed by atoms with E-state index in [1.54, 1.807) is 6.92 Å². The number of methoxy groups -OCH3 is 2. The highest BCUT2D eigenvalue weighted by molar-refractivity contribution is 6.62. The number of hydrogen-bond acceptors (Lipinski definition) is 6. The molecular formula is C29H41BN2O6. The summed E-state index contributed by atoms with van der Waals surface area (Å²) in [7, 11) is 2.44. The summed E-state index contributed by atoms with van der Waals surface area (Å²) in [6.07, 6.45) is 6.83. The maximum absolute atomic E-state index is 13.6. The Hall–Kier alpha value is -2.62. The summed E-state index contributed by atoms with van der Waals surface area (Å²) in [6.45, 7) is 10.7. The van der Waals surface area contributed by atoms with E-state index in [4.69, 9.17) is 18.8 Å². The molecule has 1 N–H and O–H groups in total. The molecule has 0 unspecified atom stereocenters. The van der Waals surface area contributed by atoms with Crippen molar-refractivity contribution in [2.45, 2.75) is 89.7 Å². The lowest BCUT2D eigenvalue weighted by Gasteiger charge is -2.39. The van der Waals surface area contributed by atoms with Gasteiger partial charge in [-0.3, -0.25) is 4.79 Å². The van der Waals surface area contributed by atoms with Crippen LogP contribution >= 0.6 is 0 Å². The zero-order valence-corrected chi connectivity index (χ0v) is 23.7. The molecule has 38 heavy (non-hydrogen) atoms. The number of benzene rings is 1. The number of ether oxygens (including phenoxy) is 2. The van der Waals surface area contributed by atoms with Gasteiger partial charge in [0.1, 0.15) is 6.04 Å². The third-order valence-electron chi connectivity index (χ3n) is 8.48. The average molecular weight is 524 g/mol. The Morgan fingerprint density at radius 1 is 1.05 bits per heavy atom. The molecule has 2 fully saturated rings. The number of nitrogens with one attached hydrogen (secondary N) is 1. The molecule has 2 heterocycles. The van der Waals surface area contributed by atoms with Gasteiger partial charge >= 0.3 is 13.2 Å². The molecule has 206 valence electrons. The number of rotatable bonds is 7. The lowest BCUT2D eigenvalue weighted by molar-refractivity contribution is -0.139. The molecule has 3 aliphatic rings. The Bertz CT molecular complexity index is 1080. The first-order chi connectivity index (χ1) is 18.0. The maximum Gasteiger partial charge on any atom is 0.494 e. The molecule has 2 amide bonds. The predicted molar refractivity (Wildman–Crippen MR) is 148 cm³/mol. The van der Waals surface area contributed by atoms with E-state index in [0.717, 1.165) is 36.7 Å². The quantitative estimate of drug-likeness (QED) is 0.546. The Kier molecular flexibility index (Phi) is 8.40. The van der Waals surface area contributed by atoms with E-state index in [2.05, 4.69) is 69.4 Å².